The van der Waals surface area contributed by atoms with Crippen molar-refractivity contribution in [3.8, 4) is 0 Å². The van der Waals surface area contributed by atoms with Gasteiger partial charge >= 0.3 is 0 Å². The average molecular weight is 435 g/mol. The molecule has 0 unspecified atom stereocenters. The minimum Gasteiger partial charge on any atom is -0.334 e. The van der Waals surface area contributed by atoms with Crippen LogP contribution in [0.3, 0.4) is 0 Å². The number of hydrogen-bond acceptors (Lipinski definition) is 3. The zero-order valence-corrected chi connectivity index (χ0v) is 16.5. The van der Waals surface area contributed by atoms with Gasteiger partial charge in [-0.3, -0.25) is 4.79 Å². The van der Waals surface area contributed by atoms with Gasteiger partial charge in [0.1, 0.15) is 0 Å². The van der Waals surface area contributed by atoms with Gasteiger partial charge in [0.2, 0.25) is 10.0 Å². The molecule has 0 spiro atoms. The Bertz CT molecular complexity index is 970. The standard InChI is InChI=1S/C19H19BrN2O3S/c20-18-8-7-16(26(24,25)21-15-5-6-15)11-17(18)19(23)22-10-9-13-3-1-2-4-14(13)12-22/h1-4,7-8,11,15,21H,5-6,9-10,12H2. The lowest BCUT2D eigenvalue weighted by Crippen LogP contribution is -2.36. The Morgan fingerprint density at radius 3 is 2.58 bits per heavy atom. The molecule has 7 heteroatoms. The molecular weight excluding hydrogens is 416 g/mol. The fourth-order valence-corrected chi connectivity index (χ4v) is 4.91. The number of nitrogens with one attached hydrogen (secondary N) is 1. The Kier molecular flexibility index (Phi) is 4.62. The first kappa shape index (κ1) is 17.7. The zero-order chi connectivity index (χ0) is 18.3. The molecule has 0 saturated heterocycles. The smallest absolute Gasteiger partial charge is 0.255 e. The van der Waals surface area contributed by atoms with E-state index in [2.05, 4.69) is 26.7 Å². The fraction of sp³-hybridized carbons (Fsp3) is 0.316. The van der Waals surface area contributed by atoms with Gasteiger partial charge in [0.15, 0.2) is 0 Å². The van der Waals surface area contributed by atoms with Crippen molar-refractivity contribution in [2.45, 2.75) is 36.7 Å². The maximum Gasteiger partial charge on any atom is 0.255 e. The Balaban J connectivity index is 1.61. The molecule has 1 saturated carbocycles. The summed E-state index contributed by atoms with van der Waals surface area (Å²) in [5.41, 5.74) is 2.78. The number of rotatable bonds is 4. The van der Waals surface area contributed by atoms with Crippen LogP contribution >= 0.6 is 15.9 Å². The van der Waals surface area contributed by atoms with E-state index >= 15 is 0 Å². The Morgan fingerprint density at radius 2 is 1.85 bits per heavy atom. The van der Waals surface area contributed by atoms with Crippen LogP contribution in [-0.2, 0) is 23.0 Å². The third-order valence-electron chi connectivity index (χ3n) is 4.80. The number of carbonyl (C=O) groups is 1. The summed E-state index contributed by atoms with van der Waals surface area (Å²) in [6.07, 6.45) is 2.55. The van der Waals surface area contributed by atoms with Crippen molar-refractivity contribution >= 4 is 31.9 Å². The van der Waals surface area contributed by atoms with Crippen molar-refractivity contribution in [1.82, 2.24) is 9.62 Å². The molecule has 26 heavy (non-hydrogen) atoms. The number of amides is 1. The van der Waals surface area contributed by atoms with E-state index in [-0.39, 0.29) is 16.8 Å². The number of nitrogens with zero attached hydrogens (tertiary/aromatic N) is 1. The van der Waals surface area contributed by atoms with E-state index < -0.39 is 10.0 Å². The summed E-state index contributed by atoms with van der Waals surface area (Å²) in [7, 11) is -3.59. The second-order valence-corrected chi connectivity index (χ2v) is 9.35. The number of carbonyl (C=O) groups excluding carboxylic acids is 1. The number of benzene rings is 2. The van der Waals surface area contributed by atoms with Gasteiger partial charge in [0.05, 0.1) is 10.5 Å². The average Bonchev–Trinajstić information content (AvgIpc) is 3.44. The Hall–Kier alpha value is -1.70. The summed E-state index contributed by atoms with van der Waals surface area (Å²) in [4.78, 5) is 14.9. The molecule has 1 aliphatic carbocycles. The largest absolute Gasteiger partial charge is 0.334 e. The van der Waals surface area contributed by atoms with Gasteiger partial charge in [-0.05, 0) is 64.5 Å². The van der Waals surface area contributed by atoms with Crippen LogP contribution in [0.4, 0.5) is 0 Å². The van der Waals surface area contributed by atoms with E-state index in [4.69, 9.17) is 0 Å². The molecule has 5 nitrogen and oxygen atoms in total. The minimum atomic E-state index is -3.59. The topological polar surface area (TPSA) is 66.5 Å². The number of fused-ring (bicyclic) bond motifs is 1. The summed E-state index contributed by atoms with van der Waals surface area (Å²) in [6.45, 7) is 1.17. The monoisotopic (exact) mass is 434 g/mol. The molecule has 0 aromatic heterocycles. The van der Waals surface area contributed by atoms with Crippen LogP contribution in [-0.4, -0.2) is 31.8 Å². The van der Waals surface area contributed by atoms with Crippen molar-refractivity contribution in [2.75, 3.05) is 6.54 Å². The van der Waals surface area contributed by atoms with Crippen molar-refractivity contribution in [1.29, 1.82) is 0 Å². The SMILES string of the molecule is O=C(c1cc(S(=O)(=O)NC2CC2)ccc1Br)N1CCc2ccccc2C1. The van der Waals surface area contributed by atoms with Gasteiger partial charge in [-0.15, -0.1) is 0 Å². The first-order valence-electron chi connectivity index (χ1n) is 8.62. The first-order valence-corrected chi connectivity index (χ1v) is 10.9. The normalized spacial score (nSPS) is 17.0. The van der Waals surface area contributed by atoms with Gasteiger partial charge in [-0.2, -0.15) is 0 Å². The third-order valence-corrected chi connectivity index (χ3v) is 7.01. The highest BCUT2D eigenvalue weighted by atomic mass is 79.9. The van der Waals surface area contributed by atoms with Gasteiger partial charge in [0, 0.05) is 23.6 Å². The molecule has 1 fully saturated rings. The van der Waals surface area contributed by atoms with E-state index in [1.165, 1.54) is 17.7 Å². The fourth-order valence-electron chi connectivity index (χ4n) is 3.16. The highest BCUT2D eigenvalue weighted by Crippen LogP contribution is 2.27. The molecule has 2 aromatic rings. The molecular formula is C19H19BrN2O3S. The predicted octanol–water partition coefficient (Wildman–Crippen LogP) is 3.09. The van der Waals surface area contributed by atoms with Gasteiger partial charge in [-0.1, -0.05) is 24.3 Å². The van der Waals surface area contributed by atoms with Gasteiger partial charge in [0.25, 0.3) is 5.91 Å². The van der Waals surface area contributed by atoms with Crippen LogP contribution in [0.1, 0.15) is 34.3 Å². The van der Waals surface area contributed by atoms with E-state index in [1.54, 1.807) is 11.0 Å². The van der Waals surface area contributed by atoms with E-state index in [9.17, 15) is 13.2 Å². The molecule has 1 amide bonds. The van der Waals surface area contributed by atoms with Crippen molar-refractivity contribution in [2.24, 2.45) is 0 Å². The Labute approximate surface area is 161 Å². The maximum absolute atomic E-state index is 13.0. The predicted molar refractivity (Wildman–Crippen MR) is 102 cm³/mol. The third kappa shape index (κ3) is 3.56. The van der Waals surface area contributed by atoms with Crippen molar-refractivity contribution in [3.05, 3.63) is 63.6 Å². The van der Waals surface area contributed by atoms with E-state index in [0.29, 0.717) is 23.1 Å². The van der Waals surface area contributed by atoms with Crippen LogP contribution in [0.2, 0.25) is 0 Å². The van der Waals surface area contributed by atoms with Crippen LogP contribution < -0.4 is 4.72 Å². The van der Waals surface area contributed by atoms with Crippen molar-refractivity contribution in [3.63, 3.8) is 0 Å². The molecule has 2 aliphatic rings. The minimum absolute atomic E-state index is 0.0291. The molecule has 4 rings (SSSR count). The molecule has 0 bridgehead atoms. The van der Waals surface area contributed by atoms with Crippen molar-refractivity contribution < 1.29 is 13.2 Å². The molecule has 1 aliphatic heterocycles. The lowest BCUT2D eigenvalue weighted by Gasteiger charge is -2.29. The number of halogens is 1. The van der Waals surface area contributed by atoms with Crippen LogP contribution in [0.15, 0.2) is 51.8 Å². The van der Waals surface area contributed by atoms with Crippen LogP contribution in [0.25, 0.3) is 0 Å². The summed E-state index contributed by atoms with van der Waals surface area (Å²) >= 11 is 3.40. The van der Waals surface area contributed by atoms with E-state index in [0.717, 1.165) is 24.8 Å². The molecule has 2 aromatic carbocycles. The quantitative estimate of drug-likeness (QED) is 0.803. The van der Waals surface area contributed by atoms with Gasteiger partial charge in [-0.25, -0.2) is 13.1 Å². The molecule has 0 radical (unpaired) electrons. The molecule has 1 heterocycles. The highest BCUT2D eigenvalue weighted by Gasteiger charge is 2.29. The van der Waals surface area contributed by atoms with Gasteiger partial charge < -0.3 is 4.90 Å². The van der Waals surface area contributed by atoms with E-state index in [1.807, 2.05) is 18.2 Å². The second kappa shape index (κ2) is 6.79. The lowest BCUT2D eigenvalue weighted by atomic mass is 9.99. The summed E-state index contributed by atoms with van der Waals surface area (Å²) in [5, 5.41) is 0. The number of sulfonamides is 1. The lowest BCUT2D eigenvalue weighted by molar-refractivity contribution is 0.0733. The summed E-state index contributed by atoms with van der Waals surface area (Å²) in [5.74, 6) is -0.158. The maximum atomic E-state index is 13.0. The van der Waals surface area contributed by atoms with Crippen LogP contribution in [0.5, 0.6) is 0 Å². The second-order valence-electron chi connectivity index (χ2n) is 6.78. The number of hydrogen-bond donors (Lipinski definition) is 1. The molecule has 1 N–H and O–H groups in total. The summed E-state index contributed by atoms with van der Waals surface area (Å²) < 4.78 is 28.2. The Morgan fingerprint density at radius 1 is 1.12 bits per heavy atom. The van der Waals surface area contributed by atoms with Crippen LogP contribution in [0, 0.1) is 0 Å². The first-order chi connectivity index (χ1) is 12.4. The summed E-state index contributed by atoms with van der Waals surface area (Å²) in [6, 6.07) is 12.8. The molecule has 136 valence electrons. The zero-order valence-electron chi connectivity index (χ0n) is 14.1. The highest BCUT2D eigenvalue weighted by molar-refractivity contribution is 9.10. The molecule has 0 atom stereocenters.